The predicted octanol–water partition coefficient (Wildman–Crippen LogP) is 4.55. The number of hydrogen-bond donors (Lipinski definition) is 1. The third kappa shape index (κ3) is 4.41. The van der Waals surface area contributed by atoms with E-state index in [-0.39, 0.29) is 42.3 Å². The summed E-state index contributed by atoms with van der Waals surface area (Å²) in [6.45, 7) is 0.0473. The second-order valence-electron chi connectivity index (χ2n) is 9.10. The van der Waals surface area contributed by atoms with Crippen LogP contribution in [0.3, 0.4) is 0 Å². The minimum atomic E-state index is -5.01. The zero-order chi connectivity index (χ0) is 27.6. The number of hydrogen-bond acceptors (Lipinski definition) is 4. The van der Waals surface area contributed by atoms with E-state index in [1.807, 2.05) is 0 Å². The first-order valence-corrected chi connectivity index (χ1v) is 11.3. The van der Waals surface area contributed by atoms with E-state index < -0.39 is 47.2 Å². The van der Waals surface area contributed by atoms with Crippen LogP contribution < -0.4 is 5.32 Å². The number of fused-ring (bicyclic) bond motifs is 1. The maximum atomic E-state index is 13.5. The Morgan fingerprint density at radius 1 is 0.895 bits per heavy atom. The molecule has 3 amide bonds. The normalized spacial score (nSPS) is 18.1. The van der Waals surface area contributed by atoms with Crippen LogP contribution in [0.4, 0.5) is 26.3 Å². The van der Waals surface area contributed by atoms with Gasteiger partial charge in [-0.05, 0) is 47.9 Å². The molecule has 7 nitrogen and oxygen atoms in total. The summed E-state index contributed by atoms with van der Waals surface area (Å²) in [5.41, 5.74) is -1.71. The van der Waals surface area contributed by atoms with Crippen molar-refractivity contribution in [1.29, 1.82) is 0 Å². The van der Waals surface area contributed by atoms with Crippen LogP contribution in [-0.4, -0.2) is 38.4 Å². The van der Waals surface area contributed by atoms with Gasteiger partial charge in [-0.15, -0.1) is 0 Å². The van der Waals surface area contributed by atoms with Gasteiger partial charge >= 0.3 is 12.4 Å². The first-order chi connectivity index (χ1) is 17.7. The van der Waals surface area contributed by atoms with Crippen LogP contribution in [0.15, 0.2) is 42.6 Å². The SMILES string of the molecule is Cn1ncc(-c2ccc3c(c2)CN(C2CCC(=O)NC2=O)C3=O)c1-c1cc(C(F)(F)F)cc(C(F)(F)F)c1. The Kier molecular flexibility index (Phi) is 5.84. The molecule has 198 valence electrons. The van der Waals surface area contributed by atoms with Crippen LogP contribution in [-0.2, 0) is 35.5 Å². The molecule has 1 fully saturated rings. The molecule has 2 aliphatic rings. The van der Waals surface area contributed by atoms with Crippen molar-refractivity contribution in [2.75, 3.05) is 0 Å². The van der Waals surface area contributed by atoms with Gasteiger partial charge in [0.1, 0.15) is 6.04 Å². The fourth-order valence-electron chi connectivity index (χ4n) is 4.82. The number of carbonyl (C=O) groups is 3. The number of imide groups is 1. The summed E-state index contributed by atoms with van der Waals surface area (Å²) in [6.07, 6.45) is -8.46. The van der Waals surface area contributed by atoms with Crippen molar-refractivity contribution in [2.45, 2.75) is 37.8 Å². The van der Waals surface area contributed by atoms with E-state index in [9.17, 15) is 40.7 Å². The maximum absolute atomic E-state index is 13.5. The second-order valence-corrected chi connectivity index (χ2v) is 9.10. The Labute approximate surface area is 211 Å². The summed E-state index contributed by atoms with van der Waals surface area (Å²) < 4.78 is 81.9. The van der Waals surface area contributed by atoms with Crippen molar-refractivity contribution in [3.8, 4) is 22.4 Å². The van der Waals surface area contributed by atoms with E-state index in [2.05, 4.69) is 10.4 Å². The fraction of sp³-hybridized carbons (Fsp3) is 0.280. The van der Waals surface area contributed by atoms with Crippen molar-refractivity contribution >= 4 is 17.7 Å². The van der Waals surface area contributed by atoms with Gasteiger partial charge in [-0.1, -0.05) is 6.07 Å². The molecule has 0 bridgehead atoms. The molecule has 0 radical (unpaired) electrons. The summed E-state index contributed by atoms with van der Waals surface area (Å²) in [4.78, 5) is 38.0. The number of amides is 3. The lowest BCUT2D eigenvalue weighted by molar-refractivity contribution is -0.143. The molecule has 1 aromatic heterocycles. The standard InChI is InChI=1S/C25H18F6N4O3/c1-34-21(13-7-15(24(26,27)28)9-16(8-13)25(29,30)31)18(10-32-34)12-2-3-17-14(6-12)11-35(23(17)38)19-4-5-20(36)33-22(19)37/h2-3,6-10,19H,4-5,11H2,1H3,(H,33,36,37). The molecule has 0 saturated carbocycles. The van der Waals surface area contributed by atoms with Gasteiger partial charge in [-0.3, -0.25) is 24.4 Å². The van der Waals surface area contributed by atoms with Crippen LogP contribution in [0, 0.1) is 0 Å². The fourth-order valence-corrected chi connectivity index (χ4v) is 4.82. The number of carbonyl (C=O) groups excluding carboxylic acids is 3. The molecule has 0 spiro atoms. The Balaban J connectivity index is 1.55. The number of alkyl halides is 6. The third-order valence-corrected chi connectivity index (χ3v) is 6.63. The molecule has 3 heterocycles. The van der Waals surface area contributed by atoms with Gasteiger partial charge in [0.05, 0.1) is 23.0 Å². The van der Waals surface area contributed by atoms with Crippen molar-refractivity contribution in [3.63, 3.8) is 0 Å². The number of piperidine rings is 1. The lowest BCUT2D eigenvalue weighted by Crippen LogP contribution is -2.52. The largest absolute Gasteiger partial charge is 0.416 e. The summed E-state index contributed by atoms with van der Waals surface area (Å²) in [6, 6.07) is 5.10. The number of benzene rings is 2. The van der Waals surface area contributed by atoms with Crippen molar-refractivity contribution in [2.24, 2.45) is 7.05 Å². The molecular weight excluding hydrogens is 518 g/mol. The highest BCUT2D eigenvalue weighted by Gasteiger charge is 2.40. The summed E-state index contributed by atoms with van der Waals surface area (Å²) in [5, 5.41) is 6.27. The molecular formula is C25H18F6N4O3. The van der Waals surface area contributed by atoms with Gasteiger partial charge < -0.3 is 4.90 Å². The van der Waals surface area contributed by atoms with E-state index in [1.165, 1.54) is 35.0 Å². The van der Waals surface area contributed by atoms with Gasteiger partial charge in [0.2, 0.25) is 11.8 Å². The minimum Gasteiger partial charge on any atom is -0.322 e. The molecule has 1 saturated heterocycles. The zero-order valence-electron chi connectivity index (χ0n) is 19.6. The Hall–Kier alpha value is -4.16. The highest BCUT2D eigenvalue weighted by Crippen LogP contribution is 2.41. The summed E-state index contributed by atoms with van der Waals surface area (Å²) in [7, 11) is 1.40. The minimum absolute atomic E-state index is 0.0212. The summed E-state index contributed by atoms with van der Waals surface area (Å²) in [5.74, 6) is -1.42. The van der Waals surface area contributed by atoms with Crippen LogP contribution in [0.2, 0.25) is 0 Å². The van der Waals surface area contributed by atoms with Gasteiger partial charge in [0, 0.05) is 36.7 Å². The van der Waals surface area contributed by atoms with Crippen molar-refractivity contribution in [3.05, 3.63) is 64.8 Å². The van der Waals surface area contributed by atoms with Crippen molar-refractivity contribution in [1.82, 2.24) is 20.0 Å². The number of aromatic nitrogens is 2. The molecule has 1 atom stereocenters. The van der Waals surface area contributed by atoms with Gasteiger partial charge in [-0.2, -0.15) is 31.4 Å². The lowest BCUT2D eigenvalue weighted by atomic mass is 9.96. The highest BCUT2D eigenvalue weighted by molar-refractivity contribution is 6.05. The van der Waals surface area contributed by atoms with Gasteiger partial charge in [-0.25, -0.2) is 0 Å². The lowest BCUT2D eigenvalue weighted by Gasteiger charge is -2.29. The highest BCUT2D eigenvalue weighted by atomic mass is 19.4. The van der Waals surface area contributed by atoms with Crippen LogP contribution >= 0.6 is 0 Å². The van der Waals surface area contributed by atoms with Crippen LogP contribution in [0.25, 0.3) is 22.4 Å². The molecule has 13 heteroatoms. The molecule has 38 heavy (non-hydrogen) atoms. The average molecular weight is 536 g/mol. The molecule has 2 aliphatic heterocycles. The van der Waals surface area contributed by atoms with Gasteiger partial charge in [0.15, 0.2) is 0 Å². The van der Waals surface area contributed by atoms with E-state index >= 15 is 0 Å². The molecule has 5 rings (SSSR count). The number of nitrogens with zero attached hydrogens (tertiary/aromatic N) is 3. The van der Waals surface area contributed by atoms with Gasteiger partial charge in [0.25, 0.3) is 5.91 Å². The number of aryl methyl sites for hydroxylation is 1. The molecule has 1 N–H and O–H groups in total. The smallest absolute Gasteiger partial charge is 0.322 e. The number of halogens is 6. The second kappa shape index (κ2) is 8.71. The number of nitrogens with one attached hydrogen (secondary N) is 1. The first kappa shape index (κ1) is 25.5. The Morgan fingerprint density at radius 3 is 2.16 bits per heavy atom. The third-order valence-electron chi connectivity index (χ3n) is 6.63. The topological polar surface area (TPSA) is 84.3 Å². The van der Waals surface area contributed by atoms with Crippen molar-refractivity contribution < 1.29 is 40.7 Å². The monoisotopic (exact) mass is 536 g/mol. The average Bonchev–Trinajstić information content (AvgIpc) is 3.37. The molecule has 3 aromatic rings. The quantitative estimate of drug-likeness (QED) is 0.393. The maximum Gasteiger partial charge on any atom is 0.416 e. The molecule has 2 aromatic carbocycles. The van der Waals surface area contributed by atoms with E-state index in [4.69, 9.17) is 0 Å². The van der Waals surface area contributed by atoms with Crippen LogP contribution in [0.1, 0.15) is 39.9 Å². The molecule has 1 unspecified atom stereocenters. The molecule has 0 aliphatic carbocycles. The Bertz CT molecular complexity index is 1460. The van der Waals surface area contributed by atoms with E-state index in [0.717, 1.165) is 0 Å². The predicted molar refractivity (Wildman–Crippen MR) is 120 cm³/mol. The van der Waals surface area contributed by atoms with E-state index in [1.54, 1.807) is 6.07 Å². The first-order valence-electron chi connectivity index (χ1n) is 11.3. The summed E-state index contributed by atoms with van der Waals surface area (Å²) >= 11 is 0. The van der Waals surface area contributed by atoms with E-state index in [0.29, 0.717) is 28.8 Å². The number of rotatable bonds is 3. The Morgan fingerprint density at radius 2 is 1.55 bits per heavy atom. The zero-order valence-corrected chi connectivity index (χ0v) is 19.6. The van der Waals surface area contributed by atoms with Crippen LogP contribution in [0.5, 0.6) is 0 Å².